The van der Waals surface area contributed by atoms with Gasteiger partial charge in [0.05, 0.1) is 13.2 Å². The van der Waals surface area contributed by atoms with Crippen LogP contribution in [0.15, 0.2) is 18.2 Å². The second kappa shape index (κ2) is 6.22. The van der Waals surface area contributed by atoms with E-state index in [4.69, 9.17) is 10.5 Å². The molecule has 0 aliphatic carbocycles. The molecule has 1 unspecified atom stereocenters. The zero-order valence-corrected chi connectivity index (χ0v) is 10.2. The van der Waals surface area contributed by atoms with Crippen LogP contribution < -0.4 is 5.73 Å². The molecule has 0 saturated carbocycles. The fraction of sp³-hybridized carbons (Fsp3) is 0.538. The minimum atomic E-state index is -0.577. The highest BCUT2D eigenvalue weighted by Crippen LogP contribution is 2.17. The summed E-state index contributed by atoms with van der Waals surface area (Å²) < 4.78 is 31.4. The highest BCUT2D eigenvalue weighted by molar-refractivity contribution is 5.21. The molecule has 100 valence electrons. The number of nitrogens with two attached hydrogens (primary N) is 1. The molecule has 0 bridgehead atoms. The maximum atomic E-state index is 13.1. The normalized spacial score (nSPS) is 18.8. The molecule has 0 aromatic heterocycles. The van der Waals surface area contributed by atoms with Crippen LogP contribution in [0.5, 0.6) is 0 Å². The Labute approximate surface area is 106 Å². The number of rotatable bonds is 4. The average Bonchev–Trinajstić information content (AvgIpc) is 2.36. The molecule has 1 aliphatic rings. The van der Waals surface area contributed by atoms with E-state index in [1.807, 2.05) is 0 Å². The van der Waals surface area contributed by atoms with Crippen molar-refractivity contribution in [3.8, 4) is 0 Å². The number of hydrogen-bond acceptors (Lipinski definition) is 3. The Bertz CT molecular complexity index is 374. The van der Waals surface area contributed by atoms with Crippen LogP contribution in [0.2, 0.25) is 0 Å². The molecule has 1 atom stereocenters. The number of morpholine rings is 1. The molecule has 2 rings (SSSR count). The van der Waals surface area contributed by atoms with Gasteiger partial charge in [-0.05, 0) is 24.1 Å². The SMILES string of the molecule is NC(CCN1CCOCC1)c1cc(F)cc(F)c1. The Balaban J connectivity index is 1.88. The summed E-state index contributed by atoms with van der Waals surface area (Å²) in [6.45, 7) is 4.09. The molecule has 0 radical (unpaired) electrons. The van der Waals surface area contributed by atoms with Gasteiger partial charge in [-0.2, -0.15) is 0 Å². The number of benzene rings is 1. The summed E-state index contributed by atoms with van der Waals surface area (Å²) >= 11 is 0. The van der Waals surface area contributed by atoms with Crippen LogP contribution in [0.4, 0.5) is 8.78 Å². The third-order valence-electron chi connectivity index (χ3n) is 3.17. The van der Waals surface area contributed by atoms with Gasteiger partial charge >= 0.3 is 0 Å². The number of hydrogen-bond donors (Lipinski definition) is 1. The molecule has 18 heavy (non-hydrogen) atoms. The lowest BCUT2D eigenvalue weighted by atomic mass is 10.0. The fourth-order valence-corrected chi connectivity index (χ4v) is 2.10. The summed E-state index contributed by atoms with van der Waals surface area (Å²) in [6, 6.07) is 3.12. The molecule has 0 spiro atoms. The van der Waals surface area contributed by atoms with Crippen molar-refractivity contribution in [1.82, 2.24) is 4.90 Å². The second-order valence-corrected chi connectivity index (χ2v) is 4.55. The van der Waals surface area contributed by atoms with Gasteiger partial charge in [0.25, 0.3) is 0 Å². The Morgan fingerprint density at radius 3 is 2.39 bits per heavy atom. The molecule has 0 amide bonds. The van der Waals surface area contributed by atoms with Crippen molar-refractivity contribution in [1.29, 1.82) is 0 Å². The smallest absolute Gasteiger partial charge is 0.126 e. The van der Waals surface area contributed by atoms with E-state index in [2.05, 4.69) is 4.90 Å². The van der Waals surface area contributed by atoms with Gasteiger partial charge in [0.15, 0.2) is 0 Å². The highest BCUT2D eigenvalue weighted by Gasteiger charge is 2.14. The van der Waals surface area contributed by atoms with E-state index in [9.17, 15) is 8.78 Å². The molecule has 1 aromatic rings. The van der Waals surface area contributed by atoms with Gasteiger partial charge in [-0.1, -0.05) is 0 Å². The van der Waals surface area contributed by atoms with Crippen LogP contribution in [0.25, 0.3) is 0 Å². The fourth-order valence-electron chi connectivity index (χ4n) is 2.10. The summed E-state index contributed by atoms with van der Waals surface area (Å²) in [6.07, 6.45) is 0.683. The lowest BCUT2D eigenvalue weighted by Crippen LogP contribution is -2.37. The van der Waals surface area contributed by atoms with Gasteiger partial charge in [0.1, 0.15) is 11.6 Å². The van der Waals surface area contributed by atoms with E-state index in [1.54, 1.807) is 0 Å². The quantitative estimate of drug-likeness (QED) is 0.891. The summed E-state index contributed by atoms with van der Waals surface area (Å²) in [5, 5.41) is 0. The zero-order chi connectivity index (χ0) is 13.0. The molecule has 3 nitrogen and oxygen atoms in total. The first kappa shape index (κ1) is 13.4. The molecule has 1 saturated heterocycles. The standard InChI is InChI=1S/C13H18F2N2O/c14-11-7-10(8-12(15)9-11)13(16)1-2-17-3-5-18-6-4-17/h7-9,13H,1-6,16H2. The average molecular weight is 256 g/mol. The zero-order valence-electron chi connectivity index (χ0n) is 10.2. The maximum Gasteiger partial charge on any atom is 0.126 e. The van der Waals surface area contributed by atoms with E-state index in [1.165, 1.54) is 12.1 Å². The molecular weight excluding hydrogens is 238 g/mol. The minimum Gasteiger partial charge on any atom is -0.379 e. The molecule has 1 aliphatic heterocycles. The lowest BCUT2D eigenvalue weighted by molar-refractivity contribution is 0.0366. The summed E-state index contributed by atoms with van der Waals surface area (Å²) in [4.78, 5) is 2.25. The topological polar surface area (TPSA) is 38.5 Å². The van der Waals surface area contributed by atoms with Crippen molar-refractivity contribution >= 4 is 0 Å². The Morgan fingerprint density at radius 2 is 1.78 bits per heavy atom. The van der Waals surface area contributed by atoms with Gasteiger partial charge in [-0.3, -0.25) is 4.90 Å². The van der Waals surface area contributed by atoms with Gasteiger partial charge in [-0.25, -0.2) is 8.78 Å². The molecule has 2 N–H and O–H groups in total. The van der Waals surface area contributed by atoms with E-state index in [-0.39, 0.29) is 6.04 Å². The second-order valence-electron chi connectivity index (χ2n) is 4.55. The van der Waals surface area contributed by atoms with Crippen LogP contribution >= 0.6 is 0 Å². The van der Waals surface area contributed by atoms with Crippen LogP contribution in [-0.4, -0.2) is 37.7 Å². The van der Waals surface area contributed by atoms with Crippen molar-refractivity contribution in [2.45, 2.75) is 12.5 Å². The van der Waals surface area contributed by atoms with Crippen molar-refractivity contribution in [2.75, 3.05) is 32.8 Å². The Hall–Kier alpha value is -1.04. The van der Waals surface area contributed by atoms with E-state index in [0.29, 0.717) is 12.0 Å². The van der Waals surface area contributed by atoms with E-state index in [0.717, 1.165) is 38.9 Å². The van der Waals surface area contributed by atoms with Crippen LogP contribution in [0.1, 0.15) is 18.0 Å². The molecule has 5 heteroatoms. The van der Waals surface area contributed by atoms with Crippen LogP contribution in [0, 0.1) is 11.6 Å². The third kappa shape index (κ3) is 3.73. The number of nitrogens with zero attached hydrogens (tertiary/aromatic N) is 1. The number of halogens is 2. The van der Waals surface area contributed by atoms with Crippen LogP contribution in [0.3, 0.4) is 0 Å². The minimum absolute atomic E-state index is 0.335. The molecule has 1 aromatic carbocycles. The summed E-state index contributed by atoms with van der Waals surface area (Å²) in [5.74, 6) is -1.15. The predicted molar refractivity (Wildman–Crippen MR) is 65.2 cm³/mol. The number of ether oxygens (including phenoxy) is 1. The molecule has 1 heterocycles. The predicted octanol–water partition coefficient (Wildman–Crippen LogP) is 1.69. The first-order chi connectivity index (χ1) is 8.65. The van der Waals surface area contributed by atoms with Crippen molar-refractivity contribution in [3.05, 3.63) is 35.4 Å². The summed E-state index contributed by atoms with van der Waals surface area (Å²) in [7, 11) is 0. The third-order valence-corrected chi connectivity index (χ3v) is 3.17. The lowest BCUT2D eigenvalue weighted by Gasteiger charge is -2.27. The largest absolute Gasteiger partial charge is 0.379 e. The first-order valence-corrected chi connectivity index (χ1v) is 6.17. The van der Waals surface area contributed by atoms with Gasteiger partial charge < -0.3 is 10.5 Å². The Kier molecular flexibility index (Phi) is 4.63. The van der Waals surface area contributed by atoms with Gasteiger partial charge in [0, 0.05) is 31.7 Å². The summed E-state index contributed by atoms with van der Waals surface area (Å²) in [5.41, 5.74) is 6.47. The monoisotopic (exact) mass is 256 g/mol. The Morgan fingerprint density at radius 1 is 1.17 bits per heavy atom. The highest BCUT2D eigenvalue weighted by atomic mass is 19.1. The van der Waals surface area contributed by atoms with E-state index < -0.39 is 11.6 Å². The molecule has 1 fully saturated rings. The first-order valence-electron chi connectivity index (χ1n) is 6.17. The van der Waals surface area contributed by atoms with Crippen molar-refractivity contribution < 1.29 is 13.5 Å². The van der Waals surface area contributed by atoms with E-state index >= 15 is 0 Å². The van der Waals surface area contributed by atoms with Gasteiger partial charge in [-0.15, -0.1) is 0 Å². The molecular formula is C13H18F2N2O. The van der Waals surface area contributed by atoms with Crippen molar-refractivity contribution in [3.63, 3.8) is 0 Å². The van der Waals surface area contributed by atoms with Gasteiger partial charge in [0.2, 0.25) is 0 Å². The maximum absolute atomic E-state index is 13.1. The van der Waals surface area contributed by atoms with Crippen LogP contribution in [-0.2, 0) is 4.74 Å². The van der Waals surface area contributed by atoms with Crippen molar-refractivity contribution in [2.24, 2.45) is 5.73 Å².